The number of allylic oxidation sites excluding steroid dienone is 2. The summed E-state index contributed by atoms with van der Waals surface area (Å²) in [4.78, 5) is 17.2. The predicted molar refractivity (Wildman–Crippen MR) is 338 cm³/mol. The van der Waals surface area contributed by atoms with Crippen LogP contribution >= 0.6 is 0 Å². The molecule has 0 bridgehead atoms. The van der Waals surface area contributed by atoms with E-state index in [0.29, 0.717) is 11.7 Å². The van der Waals surface area contributed by atoms with Crippen LogP contribution in [0.3, 0.4) is 0 Å². The van der Waals surface area contributed by atoms with Gasteiger partial charge in [-0.15, -0.1) is 0 Å². The molecule has 0 aliphatic heterocycles. The van der Waals surface area contributed by atoms with E-state index in [-0.39, 0.29) is 10.8 Å². The van der Waals surface area contributed by atoms with E-state index in [9.17, 15) is 0 Å². The molecule has 4 unspecified atom stereocenters. The molecule has 1 saturated carbocycles. The van der Waals surface area contributed by atoms with E-state index in [1.165, 1.54) is 220 Å². The standard InChI is InChI=1S/C76H116O/c1-9-13-17-20-23-25-26-28-30-42-58-71-70(57-41-29-27-24-21-18-14-10-2)74(63(5)77,61-46-31-22-19-15-11-3)76(67-54-39-34-40-55-67,69-59-47-51-65-50-43-44-56-68(65)69)73(60-45-16-12-4,62-64-48-35-32-36-49-64)75(71,72(6,7)8)66-52-37-33-38-53-66/h32-33,35-38,43-44,47-53,56,59,67H,9-31,34,39-42,45-46,54-55,57-58,60-62H2,1-8H3. The number of benzene rings is 4. The van der Waals surface area contributed by atoms with Crippen molar-refractivity contribution in [3.8, 4) is 0 Å². The molecule has 1 heteroatoms. The fourth-order valence-electron chi connectivity index (χ4n) is 17.5. The van der Waals surface area contributed by atoms with E-state index < -0.39 is 16.2 Å². The average Bonchev–Trinajstić information content (AvgIpc) is 3.48. The van der Waals surface area contributed by atoms with Gasteiger partial charge in [-0.1, -0.05) is 343 Å². The van der Waals surface area contributed by atoms with E-state index in [2.05, 4.69) is 159 Å². The summed E-state index contributed by atoms with van der Waals surface area (Å²) in [6.07, 6.45) is 46.0. The Morgan fingerprint density at radius 1 is 0.468 bits per heavy atom. The second-order valence-corrected chi connectivity index (χ2v) is 26.3. The van der Waals surface area contributed by atoms with Gasteiger partial charge >= 0.3 is 0 Å². The van der Waals surface area contributed by atoms with Crippen LogP contribution in [0.2, 0.25) is 0 Å². The fraction of sp³-hybridized carbons (Fsp3) is 0.671. The third-order valence-corrected chi connectivity index (χ3v) is 20.4. The number of hydrogen-bond acceptors (Lipinski definition) is 1. The highest BCUT2D eigenvalue weighted by Gasteiger charge is 2.79. The molecule has 1 nitrogen and oxygen atoms in total. The summed E-state index contributed by atoms with van der Waals surface area (Å²) in [6.45, 7) is 19.7. The first-order chi connectivity index (χ1) is 37.6. The second kappa shape index (κ2) is 32.1. The maximum atomic E-state index is 17.2. The molecule has 0 radical (unpaired) electrons. The quantitative estimate of drug-likeness (QED) is 0.0325. The number of Topliss-reactive ketones (excluding diaryl/α,β-unsaturated/α-hetero) is 1. The monoisotopic (exact) mass is 1040 g/mol. The smallest absolute Gasteiger partial charge is 0.140 e. The number of carbonyl (C=O) groups is 1. The highest BCUT2D eigenvalue weighted by molar-refractivity contribution is 5.94. The van der Waals surface area contributed by atoms with Gasteiger partial charge in [0.05, 0.1) is 5.41 Å². The van der Waals surface area contributed by atoms with Crippen LogP contribution < -0.4 is 0 Å². The Balaban J connectivity index is 1.84. The molecule has 4 aromatic carbocycles. The van der Waals surface area contributed by atoms with Gasteiger partial charge in [-0.2, -0.15) is 0 Å². The van der Waals surface area contributed by atoms with Crippen molar-refractivity contribution in [2.45, 2.75) is 304 Å². The Hall–Kier alpha value is -3.45. The third kappa shape index (κ3) is 14.2. The number of carbonyl (C=O) groups excluding carboxylic acids is 1. The molecule has 4 aromatic rings. The summed E-state index contributed by atoms with van der Waals surface area (Å²) < 4.78 is 0. The van der Waals surface area contributed by atoms with Gasteiger partial charge in [-0.25, -0.2) is 0 Å². The summed E-state index contributed by atoms with van der Waals surface area (Å²) in [7, 11) is 0. The van der Waals surface area contributed by atoms with Crippen molar-refractivity contribution in [3.05, 3.63) is 131 Å². The molecule has 426 valence electrons. The van der Waals surface area contributed by atoms with Crippen LogP contribution in [-0.2, 0) is 22.0 Å². The summed E-state index contributed by atoms with van der Waals surface area (Å²) in [5, 5.41) is 2.74. The molecule has 77 heavy (non-hydrogen) atoms. The molecule has 1 fully saturated rings. The van der Waals surface area contributed by atoms with Crippen molar-refractivity contribution in [1.82, 2.24) is 0 Å². The predicted octanol–water partition coefficient (Wildman–Crippen LogP) is 23.9. The first kappa shape index (κ1) is 62.7. The summed E-state index contributed by atoms with van der Waals surface area (Å²) in [5.41, 5.74) is 5.68. The average molecular weight is 1050 g/mol. The van der Waals surface area contributed by atoms with Crippen molar-refractivity contribution >= 4 is 16.6 Å². The van der Waals surface area contributed by atoms with E-state index in [1.54, 1.807) is 11.1 Å². The molecule has 2 aliphatic rings. The molecule has 2 aliphatic carbocycles. The molecule has 6 rings (SSSR count). The zero-order valence-corrected chi connectivity index (χ0v) is 51.5. The van der Waals surface area contributed by atoms with E-state index in [4.69, 9.17) is 0 Å². The highest BCUT2D eigenvalue weighted by Crippen LogP contribution is 2.81. The van der Waals surface area contributed by atoms with Crippen molar-refractivity contribution in [3.63, 3.8) is 0 Å². The van der Waals surface area contributed by atoms with E-state index in [1.807, 2.05) is 0 Å². The molecule has 0 heterocycles. The lowest BCUT2D eigenvalue weighted by Gasteiger charge is -2.77. The lowest BCUT2D eigenvalue weighted by atomic mass is 9.25. The van der Waals surface area contributed by atoms with Gasteiger partial charge in [0.1, 0.15) is 5.78 Å². The SMILES string of the molecule is CCCCCCCCCCCCC1=C(CCCCCCCCCC)C(CCCCCCCC)(C(C)=O)C(c2cccc3ccccc23)(C2CCCCC2)C(CCCCC)(Cc2ccccc2)C1(c1ccccc1)C(C)(C)C. The fourth-order valence-corrected chi connectivity index (χ4v) is 17.5. The Kier molecular flexibility index (Phi) is 26.2. The summed E-state index contributed by atoms with van der Waals surface area (Å²) in [6, 6.07) is 41.3. The zero-order valence-electron chi connectivity index (χ0n) is 51.5. The van der Waals surface area contributed by atoms with Crippen LogP contribution in [0.5, 0.6) is 0 Å². The molecule has 0 saturated heterocycles. The number of rotatable bonds is 37. The van der Waals surface area contributed by atoms with Gasteiger partial charge in [0.15, 0.2) is 0 Å². The van der Waals surface area contributed by atoms with Gasteiger partial charge in [0.2, 0.25) is 0 Å². The molecule has 4 atom stereocenters. The highest BCUT2D eigenvalue weighted by atomic mass is 16.1. The minimum atomic E-state index is -0.677. The largest absolute Gasteiger partial charge is 0.299 e. The Labute approximate surface area is 475 Å². The molecule has 0 spiro atoms. The topological polar surface area (TPSA) is 17.1 Å². The molecular weight excluding hydrogens is 929 g/mol. The first-order valence-electron chi connectivity index (χ1n) is 33.4. The van der Waals surface area contributed by atoms with Crippen molar-refractivity contribution in [1.29, 1.82) is 0 Å². The Morgan fingerprint density at radius 2 is 0.909 bits per heavy atom. The molecule has 0 N–H and O–H groups in total. The maximum Gasteiger partial charge on any atom is 0.140 e. The van der Waals surface area contributed by atoms with Crippen LogP contribution in [0.15, 0.2) is 114 Å². The third-order valence-electron chi connectivity index (χ3n) is 20.4. The lowest BCUT2D eigenvalue weighted by molar-refractivity contribution is -0.166. The minimum Gasteiger partial charge on any atom is -0.299 e. The normalized spacial score (nSPS) is 22.3. The molecule has 0 amide bonds. The second-order valence-electron chi connectivity index (χ2n) is 26.3. The van der Waals surface area contributed by atoms with Crippen molar-refractivity contribution < 1.29 is 4.79 Å². The molecular formula is C76H116O. The number of unbranched alkanes of at least 4 members (excludes halogenated alkanes) is 23. The van der Waals surface area contributed by atoms with Gasteiger partial charge in [-0.3, -0.25) is 4.79 Å². The van der Waals surface area contributed by atoms with Gasteiger partial charge in [0.25, 0.3) is 0 Å². The number of hydrogen-bond donors (Lipinski definition) is 0. The van der Waals surface area contributed by atoms with E-state index >= 15 is 4.79 Å². The minimum absolute atomic E-state index is 0.207. The van der Waals surface area contributed by atoms with Crippen LogP contribution in [0.25, 0.3) is 10.8 Å². The van der Waals surface area contributed by atoms with Gasteiger partial charge in [0, 0.05) is 10.8 Å². The number of ketones is 1. The van der Waals surface area contributed by atoms with Crippen LogP contribution in [0.4, 0.5) is 0 Å². The number of fused-ring (bicyclic) bond motifs is 1. The maximum absolute atomic E-state index is 17.2. The van der Waals surface area contributed by atoms with Crippen molar-refractivity contribution in [2.75, 3.05) is 0 Å². The van der Waals surface area contributed by atoms with Crippen LogP contribution in [-0.4, -0.2) is 5.78 Å². The van der Waals surface area contributed by atoms with Gasteiger partial charge in [-0.05, 0) is 109 Å². The van der Waals surface area contributed by atoms with E-state index in [0.717, 1.165) is 44.9 Å². The Morgan fingerprint density at radius 3 is 1.44 bits per heavy atom. The lowest BCUT2D eigenvalue weighted by Crippen LogP contribution is -2.76. The van der Waals surface area contributed by atoms with Crippen molar-refractivity contribution in [2.24, 2.45) is 22.2 Å². The summed E-state index contributed by atoms with van der Waals surface area (Å²) >= 11 is 0. The Bertz CT molecular complexity index is 2280. The summed E-state index contributed by atoms with van der Waals surface area (Å²) in [5.74, 6) is 0.831. The van der Waals surface area contributed by atoms with Crippen LogP contribution in [0.1, 0.15) is 303 Å². The first-order valence-corrected chi connectivity index (χ1v) is 33.4. The zero-order chi connectivity index (χ0) is 54.9. The van der Waals surface area contributed by atoms with Gasteiger partial charge < -0.3 is 0 Å². The molecule has 0 aromatic heterocycles. The van der Waals surface area contributed by atoms with Crippen LogP contribution in [0, 0.1) is 22.2 Å².